The molecule has 0 bridgehead atoms. The fraction of sp³-hybridized carbons (Fsp3) is 0.105. The maximum atomic E-state index is 13.4. The Morgan fingerprint density at radius 2 is 1.73 bits per heavy atom. The molecule has 0 aliphatic carbocycles. The van der Waals surface area contributed by atoms with Crippen molar-refractivity contribution in [2.45, 2.75) is 16.4 Å². The summed E-state index contributed by atoms with van der Waals surface area (Å²) in [6, 6.07) is 11.1. The first-order chi connectivity index (χ1) is 14.3. The summed E-state index contributed by atoms with van der Waals surface area (Å²) in [6.07, 6.45) is -1.70. The third-order valence-electron chi connectivity index (χ3n) is 4.08. The van der Waals surface area contributed by atoms with E-state index in [1.54, 1.807) is 41.9 Å². The van der Waals surface area contributed by atoms with E-state index in [1.165, 1.54) is 12.4 Å². The zero-order valence-electron chi connectivity index (χ0n) is 15.3. The summed E-state index contributed by atoms with van der Waals surface area (Å²) in [5, 5.41) is 9.16. The van der Waals surface area contributed by atoms with Crippen molar-refractivity contribution in [1.29, 1.82) is 0 Å². The van der Waals surface area contributed by atoms with Crippen molar-refractivity contribution in [3.63, 3.8) is 0 Å². The number of halogens is 4. The van der Waals surface area contributed by atoms with Crippen LogP contribution in [0, 0.1) is 0 Å². The van der Waals surface area contributed by atoms with E-state index in [0.717, 1.165) is 17.8 Å². The first-order valence-electron chi connectivity index (χ1n) is 8.52. The third kappa shape index (κ3) is 4.14. The monoisotopic (exact) mass is 448 g/mol. The quantitative estimate of drug-likeness (QED) is 0.402. The van der Waals surface area contributed by atoms with Crippen LogP contribution < -0.4 is 0 Å². The lowest BCUT2D eigenvalue weighted by Crippen LogP contribution is -2.10. The minimum atomic E-state index is -4.62. The molecule has 6 nitrogen and oxygen atoms in total. The second-order valence-electron chi connectivity index (χ2n) is 6.10. The third-order valence-corrected chi connectivity index (χ3v) is 5.36. The van der Waals surface area contributed by atoms with Crippen molar-refractivity contribution in [2.24, 2.45) is 7.05 Å². The minimum absolute atomic E-state index is 0.0526. The Hall–Kier alpha value is -2.98. The summed E-state index contributed by atoms with van der Waals surface area (Å²) >= 11 is 7.18. The molecule has 0 amide bonds. The van der Waals surface area contributed by atoms with Crippen LogP contribution in [0.2, 0.25) is 5.02 Å². The van der Waals surface area contributed by atoms with Gasteiger partial charge in [0.1, 0.15) is 10.7 Å². The Bertz CT molecular complexity index is 1200. The molecule has 0 saturated heterocycles. The second-order valence-corrected chi connectivity index (χ2v) is 7.49. The van der Waals surface area contributed by atoms with Gasteiger partial charge in [0.2, 0.25) is 0 Å². The highest BCUT2D eigenvalue weighted by molar-refractivity contribution is 7.99. The molecule has 0 fully saturated rings. The fourth-order valence-electron chi connectivity index (χ4n) is 2.63. The van der Waals surface area contributed by atoms with Crippen molar-refractivity contribution in [3.05, 3.63) is 65.6 Å². The highest BCUT2D eigenvalue weighted by Crippen LogP contribution is 2.35. The van der Waals surface area contributed by atoms with E-state index in [9.17, 15) is 13.2 Å². The molecule has 0 aliphatic rings. The van der Waals surface area contributed by atoms with Crippen LogP contribution in [0.25, 0.3) is 22.8 Å². The van der Waals surface area contributed by atoms with Crippen LogP contribution in [0.4, 0.5) is 13.2 Å². The molecule has 4 aromatic rings. The summed E-state index contributed by atoms with van der Waals surface area (Å²) in [5.41, 5.74) is 0.0464. The van der Waals surface area contributed by atoms with E-state index in [4.69, 9.17) is 11.6 Å². The van der Waals surface area contributed by atoms with E-state index in [-0.39, 0.29) is 10.9 Å². The van der Waals surface area contributed by atoms with E-state index in [2.05, 4.69) is 25.1 Å². The van der Waals surface area contributed by atoms with Crippen LogP contribution in [-0.4, -0.2) is 29.7 Å². The van der Waals surface area contributed by atoms with Crippen LogP contribution in [0.5, 0.6) is 0 Å². The Balaban J connectivity index is 1.74. The van der Waals surface area contributed by atoms with Gasteiger partial charge in [0, 0.05) is 36.6 Å². The summed E-state index contributed by atoms with van der Waals surface area (Å²) in [5.74, 6) is 0.436. The molecule has 0 atom stereocenters. The molecule has 0 N–H and O–H groups in total. The van der Waals surface area contributed by atoms with Crippen molar-refractivity contribution >= 4 is 23.4 Å². The maximum absolute atomic E-state index is 13.4. The number of rotatable bonds is 4. The van der Waals surface area contributed by atoms with Gasteiger partial charge in [-0.2, -0.15) is 13.2 Å². The molecular weight excluding hydrogens is 437 g/mol. The van der Waals surface area contributed by atoms with Crippen LogP contribution in [-0.2, 0) is 13.2 Å². The van der Waals surface area contributed by atoms with Gasteiger partial charge in [0.05, 0.1) is 5.02 Å². The number of aromatic nitrogens is 6. The van der Waals surface area contributed by atoms with Crippen LogP contribution in [0.3, 0.4) is 0 Å². The van der Waals surface area contributed by atoms with Gasteiger partial charge in [-0.25, -0.2) is 9.97 Å². The molecule has 152 valence electrons. The lowest BCUT2D eigenvalue weighted by molar-refractivity contribution is -0.141. The number of benzene rings is 1. The minimum Gasteiger partial charge on any atom is -0.305 e. The molecule has 30 heavy (non-hydrogen) atoms. The van der Waals surface area contributed by atoms with Gasteiger partial charge in [-0.1, -0.05) is 23.7 Å². The zero-order chi connectivity index (χ0) is 21.3. The summed E-state index contributed by atoms with van der Waals surface area (Å²) < 4.78 is 41.8. The SMILES string of the molecule is Cn1c(Sc2cc(C(F)(F)F)nc(-c3ccncc3)n2)nnc1-c1ccccc1Cl. The lowest BCUT2D eigenvalue weighted by atomic mass is 10.2. The van der Waals surface area contributed by atoms with Gasteiger partial charge in [-0.05, 0) is 36.0 Å². The normalized spacial score (nSPS) is 11.6. The molecule has 4 rings (SSSR count). The maximum Gasteiger partial charge on any atom is 0.433 e. The van der Waals surface area contributed by atoms with Crippen LogP contribution in [0.15, 0.2) is 65.0 Å². The topological polar surface area (TPSA) is 69.4 Å². The lowest BCUT2D eigenvalue weighted by Gasteiger charge is -2.10. The first-order valence-corrected chi connectivity index (χ1v) is 9.71. The van der Waals surface area contributed by atoms with Gasteiger partial charge < -0.3 is 4.57 Å². The number of hydrogen-bond acceptors (Lipinski definition) is 6. The van der Waals surface area contributed by atoms with Gasteiger partial charge >= 0.3 is 6.18 Å². The fourth-order valence-corrected chi connectivity index (χ4v) is 3.64. The smallest absolute Gasteiger partial charge is 0.305 e. The van der Waals surface area contributed by atoms with Gasteiger partial charge in [-0.15, -0.1) is 10.2 Å². The van der Waals surface area contributed by atoms with Crippen molar-refractivity contribution in [2.75, 3.05) is 0 Å². The molecule has 0 radical (unpaired) electrons. The molecule has 0 aliphatic heterocycles. The summed E-state index contributed by atoms with van der Waals surface area (Å²) in [6.45, 7) is 0. The standard InChI is InChI=1S/C19H12ClF3N6S/c1-29-17(12-4-2-3-5-13(12)20)27-28-18(29)30-15-10-14(19(21,22)23)25-16(26-15)11-6-8-24-9-7-11/h2-10H,1H3. The molecule has 0 unspecified atom stereocenters. The number of pyridine rings is 1. The number of hydrogen-bond donors (Lipinski definition) is 0. The van der Waals surface area contributed by atoms with Crippen molar-refractivity contribution in [3.8, 4) is 22.8 Å². The van der Waals surface area contributed by atoms with E-state index in [1.807, 2.05) is 6.07 Å². The Labute approximate surface area is 178 Å². The Morgan fingerprint density at radius 1 is 1.00 bits per heavy atom. The highest BCUT2D eigenvalue weighted by Gasteiger charge is 2.34. The molecule has 3 heterocycles. The molecule has 1 aromatic carbocycles. The summed E-state index contributed by atoms with van der Waals surface area (Å²) in [7, 11) is 1.70. The predicted molar refractivity (Wildman–Crippen MR) is 106 cm³/mol. The second kappa shape index (κ2) is 8.04. The largest absolute Gasteiger partial charge is 0.433 e. The molecule has 3 aromatic heterocycles. The molecule has 0 saturated carbocycles. The van der Waals surface area contributed by atoms with Crippen LogP contribution >= 0.6 is 23.4 Å². The highest BCUT2D eigenvalue weighted by atomic mass is 35.5. The van der Waals surface area contributed by atoms with Gasteiger partial charge in [0.15, 0.2) is 16.8 Å². The van der Waals surface area contributed by atoms with Gasteiger partial charge in [-0.3, -0.25) is 4.98 Å². The number of alkyl halides is 3. The predicted octanol–water partition coefficient (Wildman–Crippen LogP) is 5.16. The molecule has 11 heteroatoms. The van der Waals surface area contributed by atoms with Crippen molar-refractivity contribution in [1.82, 2.24) is 29.7 Å². The van der Waals surface area contributed by atoms with E-state index in [0.29, 0.717) is 27.1 Å². The molecular formula is C19H12ClF3N6S. The molecule has 0 spiro atoms. The van der Waals surface area contributed by atoms with E-state index < -0.39 is 11.9 Å². The first kappa shape index (κ1) is 20.3. The zero-order valence-corrected chi connectivity index (χ0v) is 16.9. The Morgan fingerprint density at radius 3 is 2.43 bits per heavy atom. The Kier molecular flexibility index (Phi) is 5.44. The van der Waals surface area contributed by atoms with E-state index >= 15 is 0 Å². The van der Waals surface area contributed by atoms with Crippen LogP contribution in [0.1, 0.15) is 5.69 Å². The van der Waals surface area contributed by atoms with Crippen molar-refractivity contribution < 1.29 is 13.2 Å². The number of nitrogens with zero attached hydrogens (tertiary/aromatic N) is 6. The average Bonchev–Trinajstić information content (AvgIpc) is 3.08. The van der Waals surface area contributed by atoms with Gasteiger partial charge in [0.25, 0.3) is 0 Å². The summed E-state index contributed by atoms with van der Waals surface area (Å²) in [4.78, 5) is 11.8. The average molecular weight is 449 g/mol.